The molecule has 0 aliphatic carbocycles. The molecule has 0 aromatic heterocycles. The second-order valence-corrected chi connectivity index (χ2v) is 21.0. The molecule has 0 aromatic rings. The quantitative estimate of drug-likeness (QED) is 0.0261. The van der Waals surface area contributed by atoms with Crippen LogP contribution in [0.4, 0.5) is 0 Å². The first kappa shape index (κ1) is 69.8. The number of unbranched alkanes of at least 4 members (excludes halogenated alkanes) is 34. The lowest BCUT2D eigenvalue weighted by molar-refractivity contribution is -0.167. The van der Waals surface area contributed by atoms with Gasteiger partial charge in [0.1, 0.15) is 13.2 Å². The van der Waals surface area contributed by atoms with Crippen molar-refractivity contribution in [1.29, 1.82) is 0 Å². The lowest BCUT2D eigenvalue weighted by atomic mass is 10.0. The Balaban J connectivity index is 4.35. The van der Waals surface area contributed by atoms with Gasteiger partial charge in [-0.25, -0.2) is 0 Å². The second-order valence-electron chi connectivity index (χ2n) is 21.0. The van der Waals surface area contributed by atoms with Gasteiger partial charge in [0.2, 0.25) is 0 Å². The van der Waals surface area contributed by atoms with Crippen LogP contribution in [0.2, 0.25) is 0 Å². The van der Waals surface area contributed by atoms with E-state index in [0.717, 1.165) is 96.3 Å². The maximum Gasteiger partial charge on any atom is 0.306 e. The zero-order valence-electron chi connectivity index (χ0n) is 48.4. The number of esters is 3. The number of rotatable bonds is 57. The average Bonchev–Trinajstić information content (AvgIpc) is 3.39. The number of allylic oxidation sites excluding steroid dienone is 12. The number of carbonyl (C=O) groups is 3. The molecule has 73 heavy (non-hydrogen) atoms. The van der Waals surface area contributed by atoms with Crippen LogP contribution in [-0.2, 0) is 28.6 Å². The molecule has 0 fully saturated rings. The highest BCUT2D eigenvalue weighted by Crippen LogP contribution is 2.16. The molecule has 0 aromatic carbocycles. The molecule has 0 aliphatic rings. The highest BCUT2D eigenvalue weighted by Gasteiger charge is 2.19. The Kier molecular flexibility index (Phi) is 58.7. The fraction of sp³-hybridized carbons (Fsp3) is 0.776. The lowest BCUT2D eigenvalue weighted by Gasteiger charge is -2.18. The van der Waals surface area contributed by atoms with Crippen molar-refractivity contribution in [3.8, 4) is 0 Å². The Morgan fingerprint density at radius 3 is 0.808 bits per heavy atom. The third-order valence-corrected chi connectivity index (χ3v) is 13.7. The van der Waals surface area contributed by atoms with Crippen molar-refractivity contribution in [3.05, 3.63) is 72.9 Å². The summed E-state index contributed by atoms with van der Waals surface area (Å²) in [5.74, 6) is -0.895. The monoisotopic (exact) mass is 1020 g/mol. The van der Waals surface area contributed by atoms with Gasteiger partial charge in [-0.05, 0) is 109 Å². The number of ether oxygens (including phenoxy) is 3. The Labute approximate surface area is 453 Å². The topological polar surface area (TPSA) is 78.9 Å². The van der Waals surface area contributed by atoms with Gasteiger partial charge in [0, 0.05) is 19.3 Å². The molecule has 0 rings (SSSR count). The molecule has 422 valence electrons. The summed E-state index contributed by atoms with van der Waals surface area (Å²) >= 11 is 0. The summed E-state index contributed by atoms with van der Waals surface area (Å²) in [6.07, 6.45) is 79.0. The molecule has 0 saturated heterocycles. The highest BCUT2D eigenvalue weighted by atomic mass is 16.6. The third-order valence-electron chi connectivity index (χ3n) is 13.7. The van der Waals surface area contributed by atoms with E-state index in [2.05, 4.69) is 93.7 Å². The fourth-order valence-electron chi connectivity index (χ4n) is 8.87. The van der Waals surface area contributed by atoms with Gasteiger partial charge in [-0.2, -0.15) is 0 Å². The standard InChI is InChI=1S/C67H118O6/c1-4-7-10-13-16-19-22-25-28-30-32-33-34-35-36-38-39-42-45-48-51-54-57-60-66(69)72-63-64(62-71-65(68)59-56-53-50-47-44-41-27-24-21-18-15-12-9-6-3)73-67(70)61-58-55-52-49-46-43-40-37-31-29-26-23-20-17-14-11-8-5-2/h15,18,20,22-25,27,29-32,64H,4-14,16-17,19,21,26,28,33-63H2,1-3H3/b18-15-,23-20-,25-22-,27-24-,31-29-,32-30-. The zero-order valence-corrected chi connectivity index (χ0v) is 48.4. The minimum atomic E-state index is -0.787. The van der Waals surface area contributed by atoms with Crippen LogP contribution in [0.25, 0.3) is 0 Å². The molecule has 0 bridgehead atoms. The Hall–Kier alpha value is -3.15. The highest BCUT2D eigenvalue weighted by molar-refractivity contribution is 5.71. The number of hydrogen-bond donors (Lipinski definition) is 0. The zero-order chi connectivity index (χ0) is 52.9. The lowest BCUT2D eigenvalue weighted by Crippen LogP contribution is -2.30. The summed E-state index contributed by atoms with van der Waals surface area (Å²) in [6.45, 7) is 6.58. The summed E-state index contributed by atoms with van der Waals surface area (Å²) in [5, 5.41) is 0. The van der Waals surface area contributed by atoms with E-state index in [1.807, 2.05) is 0 Å². The summed E-state index contributed by atoms with van der Waals surface area (Å²) < 4.78 is 16.9. The first-order chi connectivity index (χ1) is 36.0. The number of hydrogen-bond acceptors (Lipinski definition) is 6. The predicted molar refractivity (Wildman–Crippen MR) is 316 cm³/mol. The molecule has 0 spiro atoms. The van der Waals surface area contributed by atoms with Crippen molar-refractivity contribution in [1.82, 2.24) is 0 Å². The van der Waals surface area contributed by atoms with Gasteiger partial charge in [-0.15, -0.1) is 0 Å². The molecule has 1 atom stereocenters. The molecule has 0 N–H and O–H groups in total. The van der Waals surface area contributed by atoms with E-state index >= 15 is 0 Å². The summed E-state index contributed by atoms with van der Waals surface area (Å²) in [6, 6.07) is 0. The normalized spacial score (nSPS) is 12.5. The Bertz CT molecular complexity index is 1360. The third kappa shape index (κ3) is 59.6. The number of carbonyl (C=O) groups excluding carboxylic acids is 3. The Morgan fingerprint density at radius 1 is 0.274 bits per heavy atom. The molecule has 1 unspecified atom stereocenters. The largest absolute Gasteiger partial charge is 0.462 e. The van der Waals surface area contributed by atoms with Crippen LogP contribution in [0.1, 0.15) is 316 Å². The molecule has 0 radical (unpaired) electrons. The maximum atomic E-state index is 12.9. The maximum absolute atomic E-state index is 12.9. The van der Waals surface area contributed by atoms with E-state index in [-0.39, 0.29) is 31.1 Å². The van der Waals surface area contributed by atoms with Crippen LogP contribution < -0.4 is 0 Å². The van der Waals surface area contributed by atoms with Gasteiger partial charge < -0.3 is 14.2 Å². The van der Waals surface area contributed by atoms with Crippen LogP contribution in [0.3, 0.4) is 0 Å². The Morgan fingerprint density at radius 2 is 0.507 bits per heavy atom. The van der Waals surface area contributed by atoms with Gasteiger partial charge >= 0.3 is 17.9 Å². The molecule has 6 nitrogen and oxygen atoms in total. The minimum absolute atomic E-state index is 0.0832. The van der Waals surface area contributed by atoms with Gasteiger partial charge in [0.05, 0.1) is 0 Å². The van der Waals surface area contributed by atoms with Crippen LogP contribution in [0.15, 0.2) is 72.9 Å². The van der Waals surface area contributed by atoms with Crippen molar-refractivity contribution >= 4 is 17.9 Å². The van der Waals surface area contributed by atoms with E-state index in [0.29, 0.717) is 19.3 Å². The van der Waals surface area contributed by atoms with Crippen molar-refractivity contribution in [3.63, 3.8) is 0 Å². The molecule has 0 aliphatic heterocycles. The first-order valence-electron chi connectivity index (χ1n) is 31.4. The average molecular weight is 1020 g/mol. The summed E-state index contributed by atoms with van der Waals surface area (Å²) in [4.78, 5) is 38.3. The van der Waals surface area contributed by atoms with Gasteiger partial charge in [-0.3, -0.25) is 14.4 Å². The molecular weight excluding hydrogens is 901 g/mol. The smallest absolute Gasteiger partial charge is 0.306 e. The van der Waals surface area contributed by atoms with Crippen LogP contribution in [0.5, 0.6) is 0 Å². The molecule has 0 amide bonds. The van der Waals surface area contributed by atoms with E-state index in [1.165, 1.54) is 180 Å². The van der Waals surface area contributed by atoms with Gasteiger partial charge in [0.15, 0.2) is 6.10 Å². The van der Waals surface area contributed by atoms with Crippen LogP contribution in [0, 0.1) is 0 Å². The molecule has 0 saturated carbocycles. The second kappa shape index (κ2) is 61.4. The van der Waals surface area contributed by atoms with Crippen molar-refractivity contribution in [2.24, 2.45) is 0 Å². The SMILES string of the molecule is CCCC/C=C\C/C=C\CCCCCCCC(=O)OCC(COC(=O)CCCCCCCCCCCCC/C=C\C/C=C\CCCCCCC)OC(=O)CCCCCCCCC/C=C\C/C=C\CCCCCC. The molecule has 0 heterocycles. The predicted octanol–water partition coefficient (Wildman–Crippen LogP) is 21.3. The van der Waals surface area contributed by atoms with E-state index in [1.54, 1.807) is 0 Å². The van der Waals surface area contributed by atoms with Gasteiger partial charge in [-0.1, -0.05) is 261 Å². The molecular formula is C67H118O6. The summed E-state index contributed by atoms with van der Waals surface area (Å²) in [7, 11) is 0. The first-order valence-corrected chi connectivity index (χ1v) is 31.4. The van der Waals surface area contributed by atoms with Crippen molar-refractivity contribution in [2.75, 3.05) is 13.2 Å². The van der Waals surface area contributed by atoms with E-state index < -0.39 is 6.10 Å². The molecule has 6 heteroatoms. The van der Waals surface area contributed by atoms with Crippen LogP contribution in [-0.4, -0.2) is 37.2 Å². The summed E-state index contributed by atoms with van der Waals surface area (Å²) in [5.41, 5.74) is 0. The van der Waals surface area contributed by atoms with Gasteiger partial charge in [0.25, 0.3) is 0 Å². The fourth-order valence-corrected chi connectivity index (χ4v) is 8.87. The van der Waals surface area contributed by atoms with E-state index in [9.17, 15) is 14.4 Å². The van der Waals surface area contributed by atoms with Crippen LogP contribution >= 0.6 is 0 Å². The minimum Gasteiger partial charge on any atom is -0.462 e. The van der Waals surface area contributed by atoms with Crippen molar-refractivity contribution in [2.45, 2.75) is 322 Å². The van der Waals surface area contributed by atoms with Crippen molar-refractivity contribution < 1.29 is 28.6 Å². The van der Waals surface area contributed by atoms with E-state index in [4.69, 9.17) is 14.2 Å².